The summed E-state index contributed by atoms with van der Waals surface area (Å²) in [5.41, 5.74) is -11.6. The van der Waals surface area contributed by atoms with Crippen LogP contribution in [0.15, 0.2) is 0 Å². The summed E-state index contributed by atoms with van der Waals surface area (Å²) in [4.78, 5) is 0. The standard InChI is InChI=1S/C12H18F12Si2/c1-25(2,3)11(21,22)9(17,18)7(13,14)8(15,16)10(19,20)12(23,24)26(4,5)6/h1-6H3. The van der Waals surface area contributed by atoms with E-state index < -0.39 is 50.9 Å². The molecule has 0 aliphatic rings. The van der Waals surface area contributed by atoms with Crippen molar-refractivity contribution in [3.63, 3.8) is 0 Å². The van der Waals surface area contributed by atoms with Crippen molar-refractivity contribution in [2.24, 2.45) is 0 Å². The van der Waals surface area contributed by atoms with Crippen LogP contribution in [0.1, 0.15) is 0 Å². The molecule has 0 aromatic carbocycles. The maximum absolute atomic E-state index is 13.7. The van der Waals surface area contributed by atoms with Crippen LogP contribution in [0.4, 0.5) is 52.7 Å². The highest BCUT2D eigenvalue weighted by Crippen LogP contribution is 2.62. The Kier molecular flexibility index (Phi) is 5.95. The fraction of sp³-hybridized carbons (Fsp3) is 1.00. The van der Waals surface area contributed by atoms with Gasteiger partial charge in [0.15, 0.2) is 0 Å². The van der Waals surface area contributed by atoms with Crippen molar-refractivity contribution in [1.82, 2.24) is 0 Å². The van der Waals surface area contributed by atoms with Crippen molar-refractivity contribution in [3.05, 3.63) is 0 Å². The first-order valence-electron chi connectivity index (χ1n) is 7.02. The van der Waals surface area contributed by atoms with Crippen molar-refractivity contribution >= 4 is 16.1 Å². The zero-order valence-corrected chi connectivity index (χ0v) is 16.5. The number of halogens is 12. The molecular weight excluding hydrogens is 428 g/mol. The molecule has 26 heavy (non-hydrogen) atoms. The second-order valence-corrected chi connectivity index (χ2v) is 18.2. The Morgan fingerprint density at radius 1 is 0.346 bits per heavy atom. The van der Waals surface area contributed by atoms with Crippen LogP contribution in [-0.4, -0.2) is 50.9 Å². The van der Waals surface area contributed by atoms with Gasteiger partial charge in [0, 0.05) is 0 Å². The summed E-state index contributed by atoms with van der Waals surface area (Å²) in [6, 6.07) is 0. The third-order valence-electron chi connectivity index (χ3n) is 3.86. The first kappa shape index (κ1) is 25.6. The van der Waals surface area contributed by atoms with Gasteiger partial charge in [0.1, 0.15) is 16.1 Å². The highest BCUT2D eigenvalue weighted by molar-refractivity contribution is 6.79. The molecule has 0 aliphatic carbocycles. The van der Waals surface area contributed by atoms with Crippen molar-refractivity contribution in [1.29, 1.82) is 0 Å². The molecular formula is C12H18F12Si2. The zero-order chi connectivity index (χ0) is 22.0. The van der Waals surface area contributed by atoms with E-state index in [4.69, 9.17) is 0 Å². The largest absolute Gasteiger partial charge is 0.384 e. The molecule has 0 aromatic heterocycles. The Bertz CT molecular complexity index is 479. The van der Waals surface area contributed by atoms with Crippen molar-refractivity contribution in [2.45, 2.75) is 74.1 Å². The minimum absolute atomic E-state index is 0.407. The molecule has 0 amide bonds. The van der Waals surface area contributed by atoms with Crippen molar-refractivity contribution < 1.29 is 52.7 Å². The molecule has 0 spiro atoms. The predicted molar refractivity (Wildman–Crippen MR) is 76.4 cm³/mol. The van der Waals surface area contributed by atoms with Gasteiger partial charge < -0.3 is 0 Å². The van der Waals surface area contributed by atoms with Crippen molar-refractivity contribution in [3.8, 4) is 0 Å². The van der Waals surface area contributed by atoms with Crippen LogP contribution in [-0.2, 0) is 0 Å². The van der Waals surface area contributed by atoms with E-state index >= 15 is 0 Å². The summed E-state index contributed by atoms with van der Waals surface area (Å²) in [5.74, 6) is -28.9. The SMILES string of the molecule is C[Si](C)(C)C(F)(F)C(F)(F)C(F)(F)C(F)(F)C(F)(F)C(F)(F)[Si](C)(C)C. The fourth-order valence-corrected chi connectivity index (χ4v) is 3.93. The first-order chi connectivity index (χ1) is 10.8. The molecule has 0 aliphatic heterocycles. The minimum Gasteiger partial charge on any atom is -0.205 e. The number of hydrogen-bond acceptors (Lipinski definition) is 0. The molecule has 0 N–H and O–H groups in total. The Hall–Kier alpha value is -0.406. The Morgan fingerprint density at radius 3 is 0.615 bits per heavy atom. The molecule has 158 valence electrons. The lowest BCUT2D eigenvalue weighted by Crippen LogP contribution is -2.76. The summed E-state index contributed by atoms with van der Waals surface area (Å²) in [6.07, 6.45) is 0. The Morgan fingerprint density at radius 2 is 0.500 bits per heavy atom. The quantitative estimate of drug-likeness (QED) is 0.307. The van der Waals surface area contributed by atoms with Crippen LogP contribution in [0.3, 0.4) is 0 Å². The Balaban J connectivity index is 6.61. The maximum atomic E-state index is 13.7. The normalized spacial score (nSPS) is 16.8. The molecule has 0 rings (SSSR count). The molecule has 0 saturated heterocycles. The smallest absolute Gasteiger partial charge is 0.205 e. The van der Waals surface area contributed by atoms with Gasteiger partial charge in [-0.1, -0.05) is 39.3 Å². The predicted octanol–water partition coefficient (Wildman–Crippen LogP) is 6.55. The van der Waals surface area contributed by atoms with Gasteiger partial charge in [0.05, 0.1) is 0 Å². The summed E-state index contributed by atoms with van der Waals surface area (Å²) in [5, 5.41) is 0. The van der Waals surface area contributed by atoms with Crippen LogP contribution in [0, 0.1) is 0 Å². The van der Waals surface area contributed by atoms with Gasteiger partial charge in [-0.15, -0.1) is 0 Å². The summed E-state index contributed by atoms with van der Waals surface area (Å²) < 4.78 is 164. The lowest BCUT2D eigenvalue weighted by atomic mass is 9.98. The van der Waals surface area contributed by atoms with E-state index in [9.17, 15) is 52.7 Å². The molecule has 0 bridgehead atoms. The molecule has 0 unspecified atom stereocenters. The molecule has 0 heterocycles. The van der Waals surface area contributed by atoms with Gasteiger partial charge >= 0.3 is 23.7 Å². The van der Waals surface area contributed by atoms with Crippen LogP contribution >= 0.6 is 0 Å². The van der Waals surface area contributed by atoms with Gasteiger partial charge in [-0.2, -0.15) is 35.1 Å². The van der Waals surface area contributed by atoms with Gasteiger partial charge in [0.2, 0.25) is 0 Å². The first-order valence-corrected chi connectivity index (χ1v) is 14.0. The maximum Gasteiger partial charge on any atom is 0.384 e. The van der Waals surface area contributed by atoms with Crippen molar-refractivity contribution in [2.75, 3.05) is 0 Å². The van der Waals surface area contributed by atoms with Crippen LogP contribution < -0.4 is 0 Å². The van der Waals surface area contributed by atoms with Gasteiger partial charge in [-0.25, -0.2) is 17.6 Å². The lowest BCUT2D eigenvalue weighted by Gasteiger charge is -2.45. The van der Waals surface area contributed by atoms with E-state index in [1.807, 2.05) is 0 Å². The molecule has 0 atom stereocenters. The Labute approximate surface area is 144 Å². The van der Waals surface area contributed by atoms with E-state index in [1.165, 1.54) is 0 Å². The third kappa shape index (κ3) is 3.07. The molecule has 0 fully saturated rings. The fourth-order valence-electron chi connectivity index (χ4n) is 1.73. The van der Waals surface area contributed by atoms with Crippen LogP contribution in [0.25, 0.3) is 0 Å². The average Bonchev–Trinajstić information content (AvgIpc) is 2.34. The molecule has 14 heteroatoms. The van der Waals surface area contributed by atoms with Gasteiger partial charge in [-0.05, 0) is 0 Å². The number of hydrogen-bond donors (Lipinski definition) is 0. The number of alkyl halides is 12. The highest BCUT2D eigenvalue weighted by atomic mass is 28.3. The van der Waals surface area contributed by atoms with E-state index in [0.717, 1.165) is 0 Å². The average molecular weight is 446 g/mol. The molecule has 0 radical (unpaired) electrons. The van der Waals surface area contributed by atoms with E-state index in [2.05, 4.69) is 0 Å². The van der Waals surface area contributed by atoms with Crippen LogP contribution in [0.5, 0.6) is 0 Å². The number of rotatable bonds is 7. The molecule has 0 nitrogen and oxygen atoms in total. The summed E-state index contributed by atoms with van der Waals surface area (Å²) in [6.45, 7) is 2.44. The molecule has 0 saturated carbocycles. The van der Waals surface area contributed by atoms with E-state index in [1.54, 1.807) is 0 Å². The monoisotopic (exact) mass is 446 g/mol. The van der Waals surface area contributed by atoms with Gasteiger partial charge in [0.25, 0.3) is 11.1 Å². The zero-order valence-electron chi connectivity index (χ0n) is 14.5. The topological polar surface area (TPSA) is 0 Å². The minimum atomic E-state index is -7.45. The van der Waals surface area contributed by atoms with E-state index in [0.29, 0.717) is 39.3 Å². The second kappa shape index (κ2) is 6.04. The summed E-state index contributed by atoms with van der Waals surface area (Å²) >= 11 is 0. The summed E-state index contributed by atoms with van der Waals surface area (Å²) in [7, 11) is -9.34. The van der Waals surface area contributed by atoms with E-state index in [-0.39, 0.29) is 0 Å². The second-order valence-electron chi connectivity index (χ2n) is 7.95. The van der Waals surface area contributed by atoms with Gasteiger partial charge in [-0.3, -0.25) is 0 Å². The third-order valence-corrected chi connectivity index (χ3v) is 8.25. The molecule has 0 aromatic rings. The lowest BCUT2D eigenvalue weighted by molar-refractivity contribution is -0.409. The highest BCUT2D eigenvalue weighted by Gasteiger charge is 2.91. The van der Waals surface area contributed by atoms with Crippen LogP contribution in [0.2, 0.25) is 39.3 Å².